The lowest BCUT2D eigenvalue weighted by atomic mass is 9.84. The molecule has 1 aromatic heterocycles. The molecule has 0 bridgehead atoms. The standard InChI is InChI=1S/C19H25N3/c1-12-8-13(2)10-14(9-12)22-11-16(20)15-6-7-17(19(3,4)5)21-18(15)22/h6,8-11,17H,7,20H2,1-5H3. The largest absolute Gasteiger partial charge is 0.397 e. The zero-order valence-electron chi connectivity index (χ0n) is 14.1. The molecule has 116 valence electrons. The average molecular weight is 295 g/mol. The van der Waals surface area contributed by atoms with Crippen LogP contribution in [0.15, 0.2) is 29.4 Å². The predicted molar refractivity (Wildman–Crippen MR) is 92.8 cm³/mol. The van der Waals surface area contributed by atoms with Gasteiger partial charge in [0.15, 0.2) is 0 Å². The molecule has 0 amide bonds. The van der Waals surface area contributed by atoms with E-state index in [0.29, 0.717) is 6.04 Å². The molecule has 1 atom stereocenters. The van der Waals surface area contributed by atoms with E-state index in [-0.39, 0.29) is 5.41 Å². The van der Waals surface area contributed by atoms with Crippen molar-refractivity contribution in [2.75, 3.05) is 5.73 Å². The minimum absolute atomic E-state index is 0.153. The summed E-state index contributed by atoms with van der Waals surface area (Å²) in [7, 11) is 0. The third-order valence-corrected chi connectivity index (χ3v) is 4.36. The molecule has 3 rings (SSSR count). The molecule has 1 aliphatic heterocycles. The van der Waals surface area contributed by atoms with Crippen LogP contribution in [-0.2, 0) is 0 Å². The summed E-state index contributed by atoms with van der Waals surface area (Å²) in [5.74, 6) is 0. The normalized spacial score (nSPS) is 17.6. The number of hydrogen-bond acceptors (Lipinski definition) is 2. The summed E-state index contributed by atoms with van der Waals surface area (Å²) in [4.78, 5) is 5.02. The second-order valence-corrected chi connectivity index (χ2v) is 7.49. The Morgan fingerprint density at radius 3 is 2.36 bits per heavy atom. The molecule has 2 aromatic rings. The van der Waals surface area contributed by atoms with Gasteiger partial charge >= 0.3 is 0 Å². The fraction of sp³-hybridized carbons (Fsp3) is 0.421. The fourth-order valence-electron chi connectivity index (χ4n) is 3.13. The van der Waals surface area contributed by atoms with Gasteiger partial charge in [0.2, 0.25) is 0 Å². The van der Waals surface area contributed by atoms with Gasteiger partial charge in [-0.25, -0.2) is 0 Å². The van der Waals surface area contributed by atoms with Crippen LogP contribution >= 0.6 is 0 Å². The van der Waals surface area contributed by atoms with E-state index in [9.17, 15) is 0 Å². The van der Waals surface area contributed by atoms with Crippen molar-refractivity contribution in [1.29, 1.82) is 0 Å². The molecule has 0 spiro atoms. The van der Waals surface area contributed by atoms with Gasteiger partial charge in [0.25, 0.3) is 0 Å². The van der Waals surface area contributed by atoms with Crippen molar-refractivity contribution < 1.29 is 0 Å². The fourth-order valence-corrected chi connectivity index (χ4v) is 3.13. The highest BCUT2D eigenvalue weighted by molar-refractivity contribution is 5.49. The van der Waals surface area contributed by atoms with Gasteiger partial charge in [0.1, 0.15) is 5.49 Å². The number of nitrogens with zero attached hydrogens (tertiary/aromatic N) is 2. The number of rotatable bonds is 1. The van der Waals surface area contributed by atoms with Crippen LogP contribution in [0.4, 0.5) is 5.69 Å². The Morgan fingerprint density at radius 2 is 1.77 bits per heavy atom. The lowest BCUT2D eigenvalue weighted by molar-refractivity contribution is 0.319. The van der Waals surface area contributed by atoms with Crippen LogP contribution in [0.5, 0.6) is 0 Å². The second-order valence-electron chi connectivity index (χ2n) is 7.49. The Labute approximate surface area is 132 Å². The van der Waals surface area contributed by atoms with Crippen LogP contribution in [0.1, 0.15) is 38.3 Å². The first-order chi connectivity index (χ1) is 10.3. The van der Waals surface area contributed by atoms with Crippen molar-refractivity contribution >= 4 is 11.8 Å². The number of aryl methyl sites for hydroxylation is 2. The van der Waals surface area contributed by atoms with Gasteiger partial charge in [-0.3, -0.25) is 9.56 Å². The minimum Gasteiger partial charge on any atom is -0.397 e. The molecule has 3 nitrogen and oxygen atoms in total. The van der Waals surface area contributed by atoms with E-state index in [1.807, 2.05) is 6.20 Å². The molecule has 0 aliphatic carbocycles. The van der Waals surface area contributed by atoms with Crippen LogP contribution < -0.4 is 16.4 Å². The van der Waals surface area contributed by atoms with Gasteiger partial charge in [-0.05, 0) is 48.9 Å². The van der Waals surface area contributed by atoms with Crippen molar-refractivity contribution in [2.24, 2.45) is 10.4 Å². The minimum atomic E-state index is 0.153. The van der Waals surface area contributed by atoms with Gasteiger partial charge in [0.05, 0.1) is 11.7 Å². The first-order valence-corrected chi connectivity index (χ1v) is 7.89. The molecule has 1 aromatic carbocycles. The number of nitrogen functional groups attached to an aromatic ring is 1. The van der Waals surface area contributed by atoms with E-state index < -0.39 is 0 Å². The van der Waals surface area contributed by atoms with Gasteiger partial charge in [-0.15, -0.1) is 0 Å². The number of fused-ring (bicyclic) bond motifs is 1. The first kappa shape index (κ1) is 14.9. The van der Waals surface area contributed by atoms with E-state index in [1.165, 1.54) is 11.1 Å². The Morgan fingerprint density at radius 1 is 1.14 bits per heavy atom. The van der Waals surface area contributed by atoms with E-state index in [1.54, 1.807) is 0 Å². The average Bonchev–Trinajstić information content (AvgIpc) is 2.74. The second kappa shape index (κ2) is 5.01. The van der Waals surface area contributed by atoms with Crippen molar-refractivity contribution in [2.45, 2.75) is 47.1 Å². The molecule has 1 unspecified atom stereocenters. The third kappa shape index (κ3) is 2.56. The van der Waals surface area contributed by atoms with Crippen LogP contribution in [0.2, 0.25) is 0 Å². The molecule has 22 heavy (non-hydrogen) atoms. The van der Waals surface area contributed by atoms with Crippen molar-refractivity contribution in [3.05, 3.63) is 46.2 Å². The molecule has 0 radical (unpaired) electrons. The van der Waals surface area contributed by atoms with Crippen molar-refractivity contribution in [3.63, 3.8) is 0 Å². The number of aromatic nitrogens is 1. The lowest BCUT2D eigenvalue weighted by Crippen LogP contribution is -2.39. The molecule has 0 saturated carbocycles. The summed E-state index contributed by atoms with van der Waals surface area (Å²) in [6.45, 7) is 11.0. The maximum atomic E-state index is 6.22. The highest BCUT2D eigenvalue weighted by Gasteiger charge is 2.25. The summed E-state index contributed by atoms with van der Waals surface area (Å²) in [6, 6.07) is 6.84. The van der Waals surface area contributed by atoms with Gasteiger partial charge < -0.3 is 5.73 Å². The summed E-state index contributed by atoms with van der Waals surface area (Å²) >= 11 is 0. The number of nitrogens with two attached hydrogens (primary N) is 1. The van der Waals surface area contributed by atoms with Crippen LogP contribution in [0.3, 0.4) is 0 Å². The zero-order chi connectivity index (χ0) is 16.1. The predicted octanol–water partition coefficient (Wildman–Crippen LogP) is 2.89. The highest BCUT2D eigenvalue weighted by atomic mass is 15.0. The molecule has 2 N–H and O–H groups in total. The Bertz CT molecular complexity index is 815. The maximum absolute atomic E-state index is 6.22. The van der Waals surface area contributed by atoms with E-state index in [0.717, 1.165) is 28.5 Å². The molecular weight excluding hydrogens is 270 g/mol. The van der Waals surface area contributed by atoms with E-state index in [2.05, 4.69) is 63.5 Å². The van der Waals surface area contributed by atoms with Gasteiger partial charge in [-0.2, -0.15) is 0 Å². The smallest absolute Gasteiger partial charge is 0.141 e. The molecule has 0 fully saturated rings. The molecule has 1 aliphatic rings. The molecule has 3 heteroatoms. The topological polar surface area (TPSA) is 43.3 Å². The summed E-state index contributed by atoms with van der Waals surface area (Å²) in [5.41, 5.74) is 11.8. The van der Waals surface area contributed by atoms with Gasteiger partial charge in [0, 0.05) is 17.1 Å². The highest BCUT2D eigenvalue weighted by Crippen LogP contribution is 2.26. The van der Waals surface area contributed by atoms with Crippen LogP contribution in [0.25, 0.3) is 11.8 Å². The summed E-state index contributed by atoms with van der Waals surface area (Å²) in [5, 5.41) is 1.08. The SMILES string of the molecule is Cc1cc(C)cc(-n2cc(N)c3c2=NC(C(C)(C)C)CC=3)c1. The Hall–Kier alpha value is -2.03. The van der Waals surface area contributed by atoms with E-state index in [4.69, 9.17) is 10.7 Å². The monoisotopic (exact) mass is 295 g/mol. The molecule has 2 heterocycles. The summed E-state index contributed by atoms with van der Waals surface area (Å²) < 4.78 is 2.14. The number of anilines is 1. The van der Waals surface area contributed by atoms with E-state index >= 15 is 0 Å². The first-order valence-electron chi connectivity index (χ1n) is 7.89. The van der Waals surface area contributed by atoms with Gasteiger partial charge in [-0.1, -0.05) is 32.9 Å². The van der Waals surface area contributed by atoms with Crippen LogP contribution in [0, 0.1) is 19.3 Å². The quantitative estimate of drug-likeness (QED) is 0.863. The number of hydrogen-bond donors (Lipinski definition) is 1. The Kier molecular flexibility index (Phi) is 3.39. The third-order valence-electron chi connectivity index (χ3n) is 4.36. The zero-order valence-corrected chi connectivity index (χ0v) is 14.1. The maximum Gasteiger partial charge on any atom is 0.141 e. The van der Waals surface area contributed by atoms with Crippen LogP contribution in [-0.4, -0.2) is 10.6 Å². The van der Waals surface area contributed by atoms with Crippen molar-refractivity contribution in [3.8, 4) is 5.69 Å². The number of benzene rings is 1. The van der Waals surface area contributed by atoms with Crippen molar-refractivity contribution in [1.82, 2.24) is 4.57 Å². The summed E-state index contributed by atoms with van der Waals surface area (Å²) in [6.07, 6.45) is 5.20. The lowest BCUT2D eigenvalue weighted by Gasteiger charge is -2.27. The molecular formula is C19H25N3. The molecule has 0 saturated heterocycles. The Balaban J connectivity index is 2.24.